The second-order valence-electron chi connectivity index (χ2n) is 3.74. The Morgan fingerprint density at radius 2 is 2.05 bits per heavy atom. The minimum absolute atomic E-state index is 0.105. The smallest absolute Gasteiger partial charge is 0.265 e. The van der Waals surface area contributed by atoms with Gasteiger partial charge in [-0.3, -0.25) is 4.72 Å². The number of halogens is 1. The lowest BCUT2D eigenvalue weighted by molar-refractivity contribution is 0.281. The highest BCUT2D eigenvalue weighted by Gasteiger charge is 2.19. The van der Waals surface area contributed by atoms with Crippen LogP contribution in [0.2, 0.25) is 0 Å². The van der Waals surface area contributed by atoms with Crippen LogP contribution in [-0.4, -0.2) is 18.5 Å². The van der Waals surface area contributed by atoms with E-state index < -0.39 is 20.7 Å². The van der Waals surface area contributed by atoms with Crippen LogP contribution in [0.1, 0.15) is 5.56 Å². The summed E-state index contributed by atoms with van der Waals surface area (Å²) in [5.74, 6) is -0.817. The van der Waals surface area contributed by atoms with Crippen molar-refractivity contribution in [2.75, 3.05) is 4.72 Å². The topological polar surface area (TPSA) is 79.3 Å². The first-order valence-electron chi connectivity index (χ1n) is 5.36. The van der Waals surface area contributed by atoms with Gasteiger partial charge in [0.25, 0.3) is 10.0 Å². The fourth-order valence-corrected chi connectivity index (χ4v) is 2.55. The van der Waals surface area contributed by atoms with E-state index in [1.54, 1.807) is 12.1 Å². The Balaban J connectivity index is 2.35. The Morgan fingerprint density at radius 3 is 2.63 bits per heavy atom. The molecule has 0 aliphatic carbocycles. The van der Waals surface area contributed by atoms with Crippen molar-refractivity contribution in [1.29, 1.82) is 0 Å². The lowest BCUT2D eigenvalue weighted by Crippen LogP contribution is -2.15. The molecule has 0 radical (unpaired) electrons. The lowest BCUT2D eigenvalue weighted by Gasteiger charge is -2.08. The lowest BCUT2D eigenvalue weighted by atomic mass is 10.2. The zero-order valence-electron chi connectivity index (χ0n) is 9.75. The second kappa shape index (κ2) is 5.33. The molecule has 0 atom stereocenters. The zero-order valence-corrected chi connectivity index (χ0v) is 10.6. The van der Waals surface area contributed by atoms with E-state index in [1.807, 2.05) is 0 Å². The van der Waals surface area contributed by atoms with Crippen LogP contribution in [0.15, 0.2) is 47.5 Å². The van der Waals surface area contributed by atoms with E-state index in [2.05, 4.69) is 9.71 Å². The van der Waals surface area contributed by atoms with Crippen molar-refractivity contribution >= 4 is 15.8 Å². The maximum absolute atomic E-state index is 13.7. The van der Waals surface area contributed by atoms with Gasteiger partial charge in [-0.25, -0.2) is 17.8 Å². The molecule has 2 N–H and O–H groups in total. The highest BCUT2D eigenvalue weighted by Crippen LogP contribution is 2.18. The van der Waals surface area contributed by atoms with Crippen LogP contribution >= 0.6 is 0 Å². The molecule has 0 aliphatic rings. The number of anilines is 1. The predicted octanol–water partition coefficient (Wildman–Crippen LogP) is 1.51. The third-order valence-electron chi connectivity index (χ3n) is 2.37. The van der Waals surface area contributed by atoms with Crippen LogP contribution in [0.5, 0.6) is 0 Å². The molecule has 1 aromatic heterocycles. The van der Waals surface area contributed by atoms with Gasteiger partial charge < -0.3 is 5.11 Å². The number of hydrogen-bond donors (Lipinski definition) is 2. The molecule has 0 saturated heterocycles. The third kappa shape index (κ3) is 3.07. The molecule has 0 aliphatic heterocycles. The van der Waals surface area contributed by atoms with Crippen molar-refractivity contribution in [1.82, 2.24) is 4.98 Å². The van der Waals surface area contributed by atoms with Crippen LogP contribution in [0, 0.1) is 5.82 Å². The Hall–Kier alpha value is -1.99. The summed E-state index contributed by atoms with van der Waals surface area (Å²) in [6, 6.07) is 8.12. The standard InChI is InChI=1S/C12H11FN2O3S/c13-10-7-9(8-16)4-5-11(10)19(17,18)15-12-3-1-2-6-14-12/h1-7,16H,8H2,(H,14,15). The first-order chi connectivity index (χ1) is 9.03. The minimum atomic E-state index is -4.04. The number of aromatic nitrogens is 1. The molecular formula is C12H11FN2O3S. The monoisotopic (exact) mass is 282 g/mol. The van der Waals surface area contributed by atoms with Gasteiger partial charge >= 0.3 is 0 Å². The van der Waals surface area contributed by atoms with E-state index in [4.69, 9.17) is 5.11 Å². The van der Waals surface area contributed by atoms with Crippen LogP contribution < -0.4 is 4.72 Å². The van der Waals surface area contributed by atoms with E-state index in [1.165, 1.54) is 18.3 Å². The summed E-state index contributed by atoms with van der Waals surface area (Å²) < 4.78 is 39.8. The van der Waals surface area contributed by atoms with Gasteiger partial charge in [0.1, 0.15) is 16.5 Å². The molecule has 2 rings (SSSR count). The summed E-state index contributed by atoms with van der Waals surface area (Å²) in [7, 11) is -4.04. The Morgan fingerprint density at radius 1 is 1.26 bits per heavy atom. The number of benzene rings is 1. The molecule has 0 unspecified atom stereocenters. The van der Waals surface area contributed by atoms with Crippen molar-refractivity contribution in [2.45, 2.75) is 11.5 Å². The van der Waals surface area contributed by atoms with Gasteiger partial charge in [0, 0.05) is 6.20 Å². The van der Waals surface area contributed by atoms with E-state index >= 15 is 0 Å². The minimum Gasteiger partial charge on any atom is -0.392 e. The number of rotatable bonds is 4. The number of pyridine rings is 1. The first-order valence-corrected chi connectivity index (χ1v) is 6.84. The first kappa shape index (κ1) is 13.4. The van der Waals surface area contributed by atoms with Crippen LogP contribution in [-0.2, 0) is 16.6 Å². The van der Waals surface area contributed by atoms with Gasteiger partial charge in [-0.1, -0.05) is 12.1 Å². The largest absolute Gasteiger partial charge is 0.392 e. The second-order valence-corrected chi connectivity index (χ2v) is 5.39. The molecule has 0 bridgehead atoms. The third-order valence-corrected chi connectivity index (χ3v) is 3.76. The molecular weight excluding hydrogens is 271 g/mol. The Kier molecular flexibility index (Phi) is 3.77. The summed E-state index contributed by atoms with van der Waals surface area (Å²) >= 11 is 0. The number of aliphatic hydroxyl groups is 1. The fraction of sp³-hybridized carbons (Fsp3) is 0.0833. The van der Waals surface area contributed by atoms with Crippen LogP contribution in [0.3, 0.4) is 0 Å². The molecule has 2 aromatic rings. The zero-order chi connectivity index (χ0) is 13.9. The summed E-state index contributed by atoms with van der Waals surface area (Å²) in [5.41, 5.74) is 0.300. The molecule has 7 heteroatoms. The maximum Gasteiger partial charge on any atom is 0.265 e. The van der Waals surface area contributed by atoms with Gasteiger partial charge in [0.05, 0.1) is 6.61 Å². The van der Waals surface area contributed by atoms with E-state index in [0.717, 1.165) is 12.1 Å². The van der Waals surface area contributed by atoms with Crippen LogP contribution in [0.4, 0.5) is 10.2 Å². The highest BCUT2D eigenvalue weighted by atomic mass is 32.2. The van der Waals surface area contributed by atoms with Crippen molar-refractivity contribution in [3.63, 3.8) is 0 Å². The highest BCUT2D eigenvalue weighted by molar-refractivity contribution is 7.92. The summed E-state index contributed by atoms with van der Waals surface area (Å²) in [4.78, 5) is 3.31. The van der Waals surface area contributed by atoms with Crippen molar-refractivity contribution in [3.05, 3.63) is 54.0 Å². The van der Waals surface area contributed by atoms with E-state index in [-0.39, 0.29) is 12.4 Å². The molecule has 100 valence electrons. The summed E-state index contributed by atoms with van der Waals surface area (Å²) in [5, 5.41) is 8.85. The summed E-state index contributed by atoms with van der Waals surface area (Å²) in [6.07, 6.45) is 1.42. The number of sulfonamides is 1. The number of nitrogens with one attached hydrogen (secondary N) is 1. The Labute approximate surface area is 109 Å². The predicted molar refractivity (Wildman–Crippen MR) is 67.4 cm³/mol. The average molecular weight is 282 g/mol. The fourth-order valence-electron chi connectivity index (χ4n) is 1.48. The molecule has 0 spiro atoms. The average Bonchev–Trinajstić information content (AvgIpc) is 2.38. The summed E-state index contributed by atoms with van der Waals surface area (Å²) in [6.45, 7) is -0.356. The van der Waals surface area contributed by atoms with Crippen molar-refractivity contribution in [2.24, 2.45) is 0 Å². The number of hydrogen-bond acceptors (Lipinski definition) is 4. The number of aliphatic hydroxyl groups excluding tert-OH is 1. The van der Waals surface area contributed by atoms with Crippen molar-refractivity contribution < 1.29 is 17.9 Å². The molecule has 19 heavy (non-hydrogen) atoms. The van der Waals surface area contributed by atoms with E-state index in [0.29, 0.717) is 5.56 Å². The number of nitrogens with zero attached hydrogens (tertiary/aromatic N) is 1. The van der Waals surface area contributed by atoms with Gasteiger partial charge in [-0.2, -0.15) is 0 Å². The van der Waals surface area contributed by atoms with Crippen LogP contribution in [0.25, 0.3) is 0 Å². The molecule has 1 heterocycles. The molecule has 5 nitrogen and oxygen atoms in total. The van der Waals surface area contributed by atoms with Gasteiger partial charge in [-0.05, 0) is 29.8 Å². The van der Waals surface area contributed by atoms with Gasteiger partial charge in [0.2, 0.25) is 0 Å². The van der Waals surface area contributed by atoms with Gasteiger partial charge in [0.15, 0.2) is 0 Å². The quantitative estimate of drug-likeness (QED) is 0.891. The molecule has 0 fully saturated rings. The van der Waals surface area contributed by atoms with E-state index in [9.17, 15) is 12.8 Å². The normalized spacial score (nSPS) is 11.3. The van der Waals surface area contributed by atoms with Gasteiger partial charge in [-0.15, -0.1) is 0 Å². The maximum atomic E-state index is 13.7. The Bertz CT molecular complexity index is 675. The molecule has 1 aromatic carbocycles. The SMILES string of the molecule is O=S(=O)(Nc1ccccn1)c1ccc(CO)cc1F. The molecule has 0 amide bonds. The van der Waals surface area contributed by atoms with Crippen molar-refractivity contribution in [3.8, 4) is 0 Å². The molecule has 0 saturated carbocycles.